The van der Waals surface area contributed by atoms with Crippen molar-refractivity contribution in [2.45, 2.75) is 16.7 Å². The Labute approximate surface area is 169 Å². The smallest absolute Gasteiger partial charge is 0.252 e. The van der Waals surface area contributed by atoms with Crippen LogP contribution in [0.15, 0.2) is 46.7 Å². The van der Waals surface area contributed by atoms with E-state index in [0.717, 1.165) is 22.1 Å². The van der Waals surface area contributed by atoms with Crippen LogP contribution in [-0.2, 0) is 21.2 Å². The molecule has 2 aromatic rings. The van der Waals surface area contributed by atoms with Gasteiger partial charge in [-0.3, -0.25) is 4.79 Å². The first-order valence-electron chi connectivity index (χ1n) is 8.39. The van der Waals surface area contributed by atoms with E-state index >= 15 is 0 Å². The zero-order valence-corrected chi connectivity index (χ0v) is 17.9. The van der Waals surface area contributed by atoms with Crippen molar-refractivity contribution in [2.75, 3.05) is 34.2 Å². The molecule has 0 aliphatic rings. The molecule has 1 N–H and O–H groups in total. The molecule has 0 aliphatic heterocycles. The Balaban J connectivity index is 1.91. The summed E-state index contributed by atoms with van der Waals surface area (Å²) in [5.74, 6) is -0.344. The van der Waals surface area contributed by atoms with Crippen LogP contribution in [0.25, 0.3) is 0 Å². The number of nitrogens with one attached hydrogen (secondary N) is 1. The van der Waals surface area contributed by atoms with E-state index < -0.39 is 10.0 Å². The van der Waals surface area contributed by atoms with Gasteiger partial charge in [0.05, 0.1) is 10.9 Å². The average molecular weight is 430 g/mol. The Morgan fingerprint density at radius 1 is 1.15 bits per heavy atom. The van der Waals surface area contributed by atoms with Gasteiger partial charge in [0.25, 0.3) is 10.0 Å². The molecule has 0 bridgehead atoms. The number of benzene rings is 1. The van der Waals surface area contributed by atoms with E-state index in [1.54, 1.807) is 0 Å². The third kappa shape index (κ3) is 6.29. The number of rotatable bonds is 9. The number of carbonyl (C=O) groups excluding carboxylic acids is 1. The summed E-state index contributed by atoms with van der Waals surface area (Å²) < 4.78 is 26.5. The molecule has 27 heavy (non-hydrogen) atoms. The van der Waals surface area contributed by atoms with Gasteiger partial charge in [-0.15, -0.1) is 11.3 Å². The highest BCUT2D eigenvalue weighted by Gasteiger charge is 2.25. The Bertz CT molecular complexity index is 854. The summed E-state index contributed by atoms with van der Waals surface area (Å²) in [5, 5.41) is 2.83. The summed E-state index contributed by atoms with van der Waals surface area (Å²) in [5.41, 5.74) is 1.18. The van der Waals surface area contributed by atoms with Gasteiger partial charge >= 0.3 is 0 Å². The van der Waals surface area contributed by atoms with Gasteiger partial charge in [0, 0.05) is 19.6 Å². The quantitative estimate of drug-likeness (QED) is 0.664. The van der Waals surface area contributed by atoms with Crippen LogP contribution < -0.4 is 5.32 Å². The summed E-state index contributed by atoms with van der Waals surface area (Å²) in [6, 6.07) is 13.1. The molecule has 1 unspecified atom stereocenters. The van der Waals surface area contributed by atoms with Gasteiger partial charge in [0.1, 0.15) is 4.21 Å². The molecule has 1 atom stereocenters. The highest BCUT2D eigenvalue weighted by Crippen LogP contribution is 2.27. The molecule has 0 aliphatic carbocycles. The summed E-state index contributed by atoms with van der Waals surface area (Å²) in [7, 11) is 1.57. The molecular weight excluding hydrogens is 406 g/mol. The van der Waals surface area contributed by atoms with E-state index in [-0.39, 0.29) is 22.7 Å². The van der Waals surface area contributed by atoms with Crippen LogP contribution in [0.2, 0.25) is 4.34 Å². The number of carbonyl (C=O) groups is 1. The van der Waals surface area contributed by atoms with Crippen molar-refractivity contribution < 1.29 is 13.2 Å². The van der Waals surface area contributed by atoms with Crippen LogP contribution in [0, 0.1) is 0 Å². The number of thiophene rings is 1. The Morgan fingerprint density at radius 2 is 1.81 bits per heavy atom. The summed E-state index contributed by atoms with van der Waals surface area (Å²) >= 11 is 6.78. The molecule has 1 heterocycles. The van der Waals surface area contributed by atoms with E-state index in [1.807, 2.05) is 49.3 Å². The second kappa shape index (κ2) is 9.66. The summed E-state index contributed by atoms with van der Waals surface area (Å²) in [6.45, 7) is 0.183. The molecule has 0 spiro atoms. The minimum absolute atomic E-state index is 0.106. The average Bonchev–Trinajstić information content (AvgIpc) is 3.06. The largest absolute Gasteiger partial charge is 0.353 e. The highest BCUT2D eigenvalue weighted by molar-refractivity contribution is 7.91. The van der Waals surface area contributed by atoms with Crippen molar-refractivity contribution in [1.82, 2.24) is 14.5 Å². The second-order valence-corrected chi connectivity index (χ2v) is 10.4. The summed E-state index contributed by atoms with van der Waals surface area (Å²) in [6.07, 6.45) is 0.788. The van der Waals surface area contributed by atoms with Crippen LogP contribution in [0.4, 0.5) is 0 Å². The fourth-order valence-electron chi connectivity index (χ4n) is 2.49. The third-order valence-electron chi connectivity index (χ3n) is 4.16. The number of nitrogens with zero attached hydrogens (tertiary/aromatic N) is 2. The van der Waals surface area contributed by atoms with Gasteiger partial charge in [-0.05, 0) is 38.2 Å². The Kier molecular flexibility index (Phi) is 7.81. The molecular formula is C18H24ClN3O3S2. The lowest BCUT2D eigenvalue weighted by Gasteiger charge is -2.25. The number of amides is 1. The van der Waals surface area contributed by atoms with Gasteiger partial charge in [-0.1, -0.05) is 41.9 Å². The van der Waals surface area contributed by atoms with E-state index in [2.05, 4.69) is 5.32 Å². The van der Waals surface area contributed by atoms with Crippen LogP contribution >= 0.6 is 22.9 Å². The van der Waals surface area contributed by atoms with E-state index in [0.29, 0.717) is 10.9 Å². The molecule has 0 saturated heterocycles. The molecule has 6 nitrogen and oxygen atoms in total. The van der Waals surface area contributed by atoms with Crippen LogP contribution in [0.1, 0.15) is 5.56 Å². The SMILES string of the molecule is CN(C)C(CNC(=O)CN(C)S(=O)(=O)c1ccc(Cl)s1)Cc1ccccc1. The van der Waals surface area contributed by atoms with Crippen LogP contribution in [-0.4, -0.2) is 63.8 Å². The van der Waals surface area contributed by atoms with E-state index in [4.69, 9.17) is 11.6 Å². The number of halogens is 1. The third-order valence-corrected chi connectivity index (χ3v) is 7.66. The van der Waals surface area contributed by atoms with Crippen molar-refractivity contribution in [3.8, 4) is 0 Å². The predicted molar refractivity (Wildman–Crippen MR) is 110 cm³/mol. The monoisotopic (exact) mass is 429 g/mol. The minimum Gasteiger partial charge on any atom is -0.353 e. The second-order valence-electron chi connectivity index (χ2n) is 6.43. The highest BCUT2D eigenvalue weighted by atomic mass is 35.5. The first kappa shape index (κ1) is 21.8. The molecule has 2 rings (SSSR count). The summed E-state index contributed by atoms with van der Waals surface area (Å²) in [4.78, 5) is 14.3. The number of hydrogen-bond acceptors (Lipinski definition) is 5. The minimum atomic E-state index is -3.72. The first-order valence-corrected chi connectivity index (χ1v) is 11.0. The van der Waals surface area contributed by atoms with Gasteiger partial charge in [0.2, 0.25) is 5.91 Å². The molecule has 0 saturated carbocycles. The maximum atomic E-state index is 12.5. The number of sulfonamides is 1. The van der Waals surface area contributed by atoms with Crippen molar-refractivity contribution in [3.63, 3.8) is 0 Å². The Hall–Kier alpha value is -1.45. The van der Waals surface area contributed by atoms with Crippen molar-refractivity contribution in [1.29, 1.82) is 0 Å². The number of hydrogen-bond donors (Lipinski definition) is 1. The molecule has 0 radical (unpaired) electrons. The standard InChI is InChI=1S/C18H24ClN3O3S2/c1-21(2)15(11-14-7-5-4-6-8-14)12-20-17(23)13-22(3)27(24,25)18-10-9-16(19)26-18/h4-10,15H,11-13H2,1-3H3,(H,20,23). The van der Waals surface area contributed by atoms with E-state index in [9.17, 15) is 13.2 Å². The van der Waals surface area contributed by atoms with Gasteiger partial charge in [-0.2, -0.15) is 4.31 Å². The predicted octanol–water partition coefficient (Wildman–Crippen LogP) is 2.31. The topological polar surface area (TPSA) is 69.7 Å². The molecule has 1 aromatic heterocycles. The normalized spacial score (nSPS) is 13.1. The maximum absolute atomic E-state index is 12.5. The molecule has 0 fully saturated rings. The van der Waals surface area contributed by atoms with E-state index in [1.165, 1.54) is 24.7 Å². The molecule has 1 aromatic carbocycles. The fourth-order valence-corrected chi connectivity index (χ4v) is 5.31. The van der Waals surface area contributed by atoms with Crippen molar-refractivity contribution in [2.24, 2.45) is 0 Å². The Morgan fingerprint density at radius 3 is 2.37 bits per heavy atom. The zero-order chi connectivity index (χ0) is 20.0. The van der Waals surface area contributed by atoms with Gasteiger partial charge < -0.3 is 10.2 Å². The first-order chi connectivity index (χ1) is 12.7. The van der Waals surface area contributed by atoms with Gasteiger partial charge in [-0.25, -0.2) is 8.42 Å². The molecule has 9 heteroatoms. The van der Waals surface area contributed by atoms with Crippen molar-refractivity contribution >= 4 is 38.9 Å². The zero-order valence-electron chi connectivity index (χ0n) is 15.6. The molecule has 148 valence electrons. The lowest BCUT2D eigenvalue weighted by atomic mass is 10.1. The lowest BCUT2D eigenvalue weighted by molar-refractivity contribution is -0.121. The van der Waals surface area contributed by atoms with Crippen LogP contribution in [0.3, 0.4) is 0 Å². The maximum Gasteiger partial charge on any atom is 0.252 e. The van der Waals surface area contributed by atoms with Crippen molar-refractivity contribution in [3.05, 3.63) is 52.4 Å². The lowest BCUT2D eigenvalue weighted by Crippen LogP contribution is -2.45. The fraction of sp³-hybridized carbons (Fsp3) is 0.389. The van der Waals surface area contributed by atoms with Crippen LogP contribution in [0.5, 0.6) is 0 Å². The molecule has 1 amide bonds. The van der Waals surface area contributed by atoms with Gasteiger partial charge in [0.15, 0.2) is 0 Å². The number of likely N-dealkylation sites (N-methyl/N-ethyl adjacent to an activating group) is 2.